The Morgan fingerprint density at radius 3 is 2.14 bits per heavy atom. The van der Waals surface area contributed by atoms with Crippen molar-refractivity contribution in [2.24, 2.45) is 5.41 Å². The Morgan fingerprint density at radius 2 is 1.52 bits per heavy atom. The van der Waals surface area contributed by atoms with Gasteiger partial charge in [0.15, 0.2) is 5.82 Å². The molecule has 0 atom stereocenters. The molecule has 5 aromatic rings. The van der Waals surface area contributed by atoms with E-state index in [1.54, 1.807) is 41.1 Å². The van der Waals surface area contributed by atoms with Crippen LogP contribution in [0.3, 0.4) is 0 Å². The number of carbonyl (C=O) groups excluding carboxylic acids is 2. The fourth-order valence-electron chi connectivity index (χ4n) is 4.68. The maximum Gasteiger partial charge on any atom is 0.240 e. The molecule has 3 N–H and O–H groups in total. The Bertz CT molecular complexity index is 1790. The molecule has 0 radical (unpaired) electrons. The molecule has 0 bridgehead atoms. The van der Waals surface area contributed by atoms with E-state index in [9.17, 15) is 14.0 Å². The van der Waals surface area contributed by atoms with Gasteiger partial charge in [0.2, 0.25) is 17.8 Å². The van der Waals surface area contributed by atoms with E-state index in [-0.39, 0.29) is 29.5 Å². The molecule has 0 aliphatic heterocycles. The molecule has 1 aliphatic rings. The Labute approximate surface area is 241 Å². The van der Waals surface area contributed by atoms with Crippen molar-refractivity contribution in [1.29, 1.82) is 0 Å². The van der Waals surface area contributed by atoms with Crippen LogP contribution in [0.4, 0.5) is 27.4 Å². The minimum absolute atomic E-state index is 0.0936. The standard InChI is InChI=1S/C31H29FN8O2/c1-18(2)40-26-16-20(6-13-25(26)38-39-40)27-24(32)17-33-30(37-27)36-23-11-9-22(10-12-23)35-29(42)31(14-15-31)28(41)34-21-7-4-19(3)5-8-21/h4-13,16-18H,14-15H2,1-3H3,(H,34,41)(H,35,42)(H,33,36,37). The number of benzene rings is 3. The molecule has 10 nitrogen and oxygen atoms in total. The number of hydrogen-bond acceptors (Lipinski definition) is 7. The van der Waals surface area contributed by atoms with E-state index < -0.39 is 11.2 Å². The molecule has 0 unspecified atom stereocenters. The third-order valence-corrected chi connectivity index (χ3v) is 7.31. The molecule has 1 fully saturated rings. The number of halogens is 1. The normalized spacial score (nSPS) is 13.6. The lowest BCUT2D eigenvalue weighted by Crippen LogP contribution is -2.35. The molecule has 3 aromatic carbocycles. The largest absolute Gasteiger partial charge is 0.325 e. The summed E-state index contributed by atoms with van der Waals surface area (Å²) in [4.78, 5) is 34.4. The first-order chi connectivity index (χ1) is 20.2. The van der Waals surface area contributed by atoms with Gasteiger partial charge < -0.3 is 16.0 Å². The van der Waals surface area contributed by atoms with Crippen LogP contribution in [-0.4, -0.2) is 36.8 Å². The highest BCUT2D eigenvalue weighted by atomic mass is 19.1. The highest BCUT2D eigenvalue weighted by molar-refractivity contribution is 6.16. The average Bonchev–Trinajstić information content (AvgIpc) is 3.69. The Balaban J connectivity index is 1.13. The van der Waals surface area contributed by atoms with Gasteiger partial charge in [0.05, 0.1) is 11.7 Å². The number of hydrogen-bond donors (Lipinski definition) is 3. The van der Waals surface area contributed by atoms with E-state index in [1.807, 2.05) is 51.1 Å². The molecule has 0 spiro atoms. The lowest BCUT2D eigenvalue weighted by Gasteiger charge is -2.16. The smallest absolute Gasteiger partial charge is 0.240 e. The highest BCUT2D eigenvalue weighted by Crippen LogP contribution is 2.47. The maximum atomic E-state index is 14.8. The lowest BCUT2D eigenvalue weighted by atomic mass is 10.0. The van der Waals surface area contributed by atoms with E-state index >= 15 is 0 Å². The number of anilines is 4. The summed E-state index contributed by atoms with van der Waals surface area (Å²) in [6.07, 6.45) is 2.10. The summed E-state index contributed by atoms with van der Waals surface area (Å²) in [6, 6.07) is 19.8. The zero-order chi connectivity index (χ0) is 29.4. The molecule has 2 aromatic heterocycles. The average molecular weight is 565 g/mol. The second-order valence-corrected chi connectivity index (χ2v) is 10.8. The third-order valence-electron chi connectivity index (χ3n) is 7.31. The Morgan fingerprint density at radius 1 is 0.905 bits per heavy atom. The predicted molar refractivity (Wildman–Crippen MR) is 159 cm³/mol. The highest BCUT2D eigenvalue weighted by Gasteiger charge is 2.56. The van der Waals surface area contributed by atoms with Crippen LogP contribution >= 0.6 is 0 Å². The van der Waals surface area contributed by atoms with Gasteiger partial charge in [-0.3, -0.25) is 9.59 Å². The molecule has 6 rings (SSSR count). The zero-order valence-corrected chi connectivity index (χ0v) is 23.4. The van der Waals surface area contributed by atoms with Crippen molar-refractivity contribution < 1.29 is 14.0 Å². The number of nitrogens with one attached hydrogen (secondary N) is 3. The molecule has 11 heteroatoms. The molecule has 2 amide bonds. The van der Waals surface area contributed by atoms with Gasteiger partial charge in [0, 0.05) is 28.7 Å². The quantitative estimate of drug-likeness (QED) is 0.197. The summed E-state index contributed by atoms with van der Waals surface area (Å²) in [5, 5.41) is 17.1. The van der Waals surface area contributed by atoms with Crippen LogP contribution in [0.5, 0.6) is 0 Å². The number of amides is 2. The predicted octanol–water partition coefficient (Wildman–Crippen LogP) is 6.02. The van der Waals surface area contributed by atoms with Gasteiger partial charge in [-0.05, 0) is 82.1 Å². The van der Waals surface area contributed by atoms with E-state index in [2.05, 4.69) is 36.2 Å². The van der Waals surface area contributed by atoms with Crippen molar-refractivity contribution in [2.75, 3.05) is 16.0 Å². The summed E-state index contributed by atoms with van der Waals surface area (Å²) >= 11 is 0. The van der Waals surface area contributed by atoms with Crippen LogP contribution in [0.1, 0.15) is 38.3 Å². The third kappa shape index (κ3) is 5.28. The summed E-state index contributed by atoms with van der Waals surface area (Å²) in [5.74, 6) is -0.994. The van der Waals surface area contributed by atoms with Gasteiger partial charge >= 0.3 is 0 Å². The van der Waals surface area contributed by atoms with Crippen LogP contribution < -0.4 is 16.0 Å². The summed E-state index contributed by atoms with van der Waals surface area (Å²) < 4.78 is 16.6. The number of fused-ring (bicyclic) bond motifs is 1. The van der Waals surface area contributed by atoms with Gasteiger partial charge in [-0.15, -0.1) is 5.10 Å². The van der Waals surface area contributed by atoms with Crippen molar-refractivity contribution in [1.82, 2.24) is 25.0 Å². The molecule has 212 valence electrons. The summed E-state index contributed by atoms with van der Waals surface area (Å²) in [6.45, 7) is 5.96. The van der Waals surface area contributed by atoms with Gasteiger partial charge in [0.1, 0.15) is 16.6 Å². The monoisotopic (exact) mass is 564 g/mol. The van der Waals surface area contributed by atoms with Crippen LogP contribution in [0, 0.1) is 18.2 Å². The first kappa shape index (κ1) is 27.0. The van der Waals surface area contributed by atoms with Crippen molar-refractivity contribution in [3.63, 3.8) is 0 Å². The lowest BCUT2D eigenvalue weighted by molar-refractivity contribution is -0.131. The first-order valence-electron chi connectivity index (χ1n) is 13.7. The number of carbonyl (C=O) groups is 2. The fraction of sp³-hybridized carbons (Fsp3) is 0.226. The van der Waals surface area contributed by atoms with E-state index in [0.717, 1.165) is 17.3 Å². The Kier molecular flexibility index (Phi) is 6.85. The van der Waals surface area contributed by atoms with Gasteiger partial charge in [-0.25, -0.2) is 19.0 Å². The van der Waals surface area contributed by atoms with Gasteiger partial charge in [0.25, 0.3) is 0 Å². The number of nitrogens with zero attached hydrogens (tertiary/aromatic N) is 5. The molecule has 1 saturated carbocycles. The van der Waals surface area contributed by atoms with Crippen molar-refractivity contribution in [3.05, 3.63) is 84.3 Å². The van der Waals surface area contributed by atoms with Crippen molar-refractivity contribution in [2.45, 2.75) is 39.7 Å². The molecule has 42 heavy (non-hydrogen) atoms. The minimum Gasteiger partial charge on any atom is -0.325 e. The van der Waals surface area contributed by atoms with Gasteiger partial charge in [-0.2, -0.15) is 0 Å². The van der Waals surface area contributed by atoms with E-state index in [1.165, 1.54) is 0 Å². The molecule has 0 saturated heterocycles. The first-order valence-corrected chi connectivity index (χ1v) is 13.7. The van der Waals surface area contributed by atoms with Crippen LogP contribution in [-0.2, 0) is 9.59 Å². The molecule has 2 heterocycles. The van der Waals surface area contributed by atoms with Crippen LogP contribution in [0.2, 0.25) is 0 Å². The topological polar surface area (TPSA) is 127 Å². The van der Waals surface area contributed by atoms with Crippen molar-refractivity contribution in [3.8, 4) is 11.3 Å². The number of rotatable bonds is 8. The summed E-state index contributed by atoms with van der Waals surface area (Å²) in [7, 11) is 0. The maximum absolute atomic E-state index is 14.8. The number of aryl methyl sites for hydroxylation is 1. The second kappa shape index (κ2) is 10.7. The van der Waals surface area contributed by atoms with Crippen LogP contribution in [0.15, 0.2) is 72.9 Å². The molecule has 1 aliphatic carbocycles. The molecular formula is C31H29FN8O2. The van der Waals surface area contributed by atoms with Crippen molar-refractivity contribution >= 4 is 45.9 Å². The number of aromatic nitrogens is 5. The minimum atomic E-state index is -1.08. The zero-order valence-electron chi connectivity index (χ0n) is 23.4. The van der Waals surface area contributed by atoms with Gasteiger partial charge in [-0.1, -0.05) is 29.0 Å². The summed E-state index contributed by atoms with van der Waals surface area (Å²) in [5.41, 5.74) is 4.08. The second-order valence-electron chi connectivity index (χ2n) is 10.8. The molecular weight excluding hydrogens is 535 g/mol. The SMILES string of the molecule is Cc1ccc(NC(=O)C2(C(=O)Nc3ccc(Nc4ncc(F)c(-c5ccc6nnn(C(C)C)c6c5)n4)cc3)CC2)cc1. The van der Waals surface area contributed by atoms with E-state index in [0.29, 0.717) is 41.0 Å². The Hall–Kier alpha value is -5.19. The fourth-order valence-corrected chi connectivity index (χ4v) is 4.68. The van der Waals surface area contributed by atoms with Crippen LogP contribution in [0.25, 0.3) is 22.3 Å². The van der Waals surface area contributed by atoms with E-state index in [4.69, 9.17) is 0 Å².